The Hall–Kier alpha value is -2.82. The first kappa shape index (κ1) is 19.0. The first-order chi connectivity index (χ1) is 13.1. The molecule has 0 aliphatic carbocycles. The maximum absolute atomic E-state index is 12.4. The van der Waals surface area contributed by atoms with Crippen molar-refractivity contribution >= 4 is 11.8 Å². The maximum atomic E-state index is 12.4. The third-order valence-electron chi connectivity index (χ3n) is 4.76. The van der Waals surface area contributed by atoms with Crippen molar-refractivity contribution in [1.29, 1.82) is 0 Å². The second-order valence-electron chi connectivity index (χ2n) is 6.83. The van der Waals surface area contributed by atoms with E-state index in [4.69, 9.17) is 4.74 Å². The van der Waals surface area contributed by atoms with Crippen molar-refractivity contribution < 1.29 is 14.3 Å². The fourth-order valence-corrected chi connectivity index (χ4v) is 3.25. The highest BCUT2D eigenvalue weighted by atomic mass is 16.5. The van der Waals surface area contributed by atoms with Gasteiger partial charge in [-0.1, -0.05) is 24.3 Å². The highest BCUT2D eigenvalue weighted by Gasteiger charge is 2.19. The van der Waals surface area contributed by atoms with E-state index in [-0.39, 0.29) is 11.8 Å². The van der Waals surface area contributed by atoms with E-state index in [0.29, 0.717) is 31.7 Å². The van der Waals surface area contributed by atoms with Crippen LogP contribution in [0, 0.1) is 6.92 Å². The number of ether oxygens (including phenoxy) is 1. The zero-order chi connectivity index (χ0) is 19.2. The first-order valence-electron chi connectivity index (χ1n) is 9.44. The van der Waals surface area contributed by atoms with Crippen LogP contribution in [0.2, 0.25) is 0 Å². The molecule has 1 aliphatic heterocycles. The number of rotatable bonds is 7. The third-order valence-corrected chi connectivity index (χ3v) is 4.76. The van der Waals surface area contributed by atoms with Gasteiger partial charge >= 0.3 is 0 Å². The van der Waals surface area contributed by atoms with Gasteiger partial charge in [0.25, 0.3) is 5.91 Å². The van der Waals surface area contributed by atoms with Gasteiger partial charge in [0.05, 0.1) is 6.61 Å². The van der Waals surface area contributed by atoms with Gasteiger partial charge in [0.1, 0.15) is 5.75 Å². The average Bonchev–Trinajstić information content (AvgIpc) is 3.07. The van der Waals surface area contributed by atoms with Crippen molar-refractivity contribution in [2.24, 2.45) is 0 Å². The Morgan fingerprint density at radius 1 is 1.15 bits per heavy atom. The van der Waals surface area contributed by atoms with Crippen LogP contribution in [0.3, 0.4) is 0 Å². The Bertz CT molecular complexity index is 815. The van der Waals surface area contributed by atoms with Crippen LogP contribution in [0.25, 0.3) is 0 Å². The van der Waals surface area contributed by atoms with Crippen molar-refractivity contribution in [2.75, 3.05) is 13.2 Å². The van der Waals surface area contributed by atoms with E-state index in [2.05, 4.69) is 5.32 Å². The van der Waals surface area contributed by atoms with Crippen molar-refractivity contribution in [3.05, 3.63) is 64.7 Å². The molecule has 3 rings (SSSR count). The molecule has 142 valence electrons. The van der Waals surface area contributed by atoms with E-state index in [1.165, 1.54) is 0 Å². The molecule has 0 unspecified atom stereocenters. The number of hydrogen-bond donors (Lipinski definition) is 1. The second kappa shape index (κ2) is 8.71. The Morgan fingerprint density at radius 3 is 2.52 bits per heavy atom. The molecule has 0 radical (unpaired) electrons. The molecule has 27 heavy (non-hydrogen) atoms. The molecule has 0 aromatic heterocycles. The molecular formula is C22H26N2O3. The normalized spacial score (nSPS) is 13.7. The van der Waals surface area contributed by atoms with Crippen molar-refractivity contribution in [2.45, 2.75) is 39.8 Å². The van der Waals surface area contributed by atoms with E-state index >= 15 is 0 Å². The van der Waals surface area contributed by atoms with E-state index in [1.807, 2.05) is 55.1 Å². The average molecular weight is 366 g/mol. The van der Waals surface area contributed by atoms with Gasteiger partial charge in [0, 0.05) is 31.6 Å². The fourth-order valence-electron chi connectivity index (χ4n) is 3.25. The predicted molar refractivity (Wildman–Crippen MR) is 105 cm³/mol. The number of nitrogens with one attached hydrogen (secondary N) is 1. The van der Waals surface area contributed by atoms with Gasteiger partial charge < -0.3 is 15.0 Å². The lowest BCUT2D eigenvalue weighted by Crippen LogP contribution is -2.24. The Kier molecular flexibility index (Phi) is 6.12. The van der Waals surface area contributed by atoms with E-state index < -0.39 is 0 Å². The molecule has 0 spiro atoms. The summed E-state index contributed by atoms with van der Waals surface area (Å²) in [6.45, 7) is 6.46. The molecular weight excluding hydrogens is 340 g/mol. The van der Waals surface area contributed by atoms with Crippen LogP contribution >= 0.6 is 0 Å². The number of carbonyl (C=O) groups is 2. The molecule has 5 heteroatoms. The van der Waals surface area contributed by atoms with Crippen LogP contribution in [-0.2, 0) is 17.9 Å². The number of amides is 2. The molecule has 1 aliphatic rings. The van der Waals surface area contributed by atoms with Crippen molar-refractivity contribution in [3.8, 4) is 5.75 Å². The minimum atomic E-state index is -0.104. The van der Waals surface area contributed by atoms with Gasteiger partial charge in [-0.05, 0) is 55.2 Å². The minimum absolute atomic E-state index is 0.104. The molecule has 1 saturated heterocycles. The highest BCUT2D eigenvalue weighted by Crippen LogP contribution is 2.19. The molecule has 2 aromatic carbocycles. The smallest absolute Gasteiger partial charge is 0.251 e. The molecule has 0 saturated carbocycles. The zero-order valence-corrected chi connectivity index (χ0v) is 16.0. The van der Waals surface area contributed by atoms with Gasteiger partial charge in [0.2, 0.25) is 5.91 Å². The molecule has 1 fully saturated rings. The van der Waals surface area contributed by atoms with Gasteiger partial charge in [-0.3, -0.25) is 9.59 Å². The van der Waals surface area contributed by atoms with Gasteiger partial charge in [0.15, 0.2) is 0 Å². The number of carbonyl (C=O) groups excluding carboxylic acids is 2. The standard InChI is InChI=1S/C22H26N2O3/c1-3-27-20-11-10-19(13-16(20)2)22(26)23-14-17-6-8-18(9-7-17)15-24-12-4-5-21(24)25/h6-11,13H,3-5,12,14-15H2,1-2H3,(H,23,26). The third kappa shape index (κ3) is 4.88. The van der Waals surface area contributed by atoms with Crippen molar-refractivity contribution in [3.63, 3.8) is 0 Å². The van der Waals surface area contributed by atoms with Crippen LogP contribution in [0.15, 0.2) is 42.5 Å². The summed E-state index contributed by atoms with van der Waals surface area (Å²) in [5.41, 5.74) is 3.72. The number of benzene rings is 2. The summed E-state index contributed by atoms with van der Waals surface area (Å²) in [4.78, 5) is 26.0. The second-order valence-corrected chi connectivity index (χ2v) is 6.83. The SMILES string of the molecule is CCOc1ccc(C(=O)NCc2ccc(CN3CCCC3=O)cc2)cc1C. The molecule has 2 aromatic rings. The summed E-state index contributed by atoms with van der Waals surface area (Å²) in [6, 6.07) is 13.5. The first-order valence-corrected chi connectivity index (χ1v) is 9.44. The Balaban J connectivity index is 1.54. The molecule has 5 nitrogen and oxygen atoms in total. The van der Waals surface area contributed by atoms with Crippen LogP contribution in [0.1, 0.15) is 46.8 Å². The van der Waals surface area contributed by atoms with Gasteiger partial charge in [-0.25, -0.2) is 0 Å². The van der Waals surface area contributed by atoms with Gasteiger partial charge in [-0.2, -0.15) is 0 Å². The minimum Gasteiger partial charge on any atom is -0.494 e. The number of nitrogens with zero attached hydrogens (tertiary/aromatic N) is 1. The lowest BCUT2D eigenvalue weighted by atomic mass is 10.1. The largest absolute Gasteiger partial charge is 0.494 e. The lowest BCUT2D eigenvalue weighted by Gasteiger charge is -2.15. The van der Waals surface area contributed by atoms with E-state index in [9.17, 15) is 9.59 Å². The predicted octanol–water partition coefficient (Wildman–Crippen LogP) is 3.45. The maximum Gasteiger partial charge on any atom is 0.251 e. The number of hydrogen-bond acceptors (Lipinski definition) is 3. The lowest BCUT2D eigenvalue weighted by molar-refractivity contribution is -0.128. The number of aryl methyl sites for hydroxylation is 1. The van der Waals surface area contributed by atoms with E-state index in [0.717, 1.165) is 35.4 Å². The molecule has 1 heterocycles. The van der Waals surface area contributed by atoms with Crippen molar-refractivity contribution in [1.82, 2.24) is 10.2 Å². The highest BCUT2D eigenvalue weighted by molar-refractivity contribution is 5.94. The summed E-state index contributed by atoms with van der Waals surface area (Å²) in [5.74, 6) is 0.936. The zero-order valence-electron chi connectivity index (χ0n) is 16.0. The Morgan fingerprint density at radius 2 is 1.89 bits per heavy atom. The fraction of sp³-hybridized carbons (Fsp3) is 0.364. The van der Waals surface area contributed by atoms with Crippen LogP contribution in [0.5, 0.6) is 5.75 Å². The Labute approximate surface area is 160 Å². The van der Waals surface area contributed by atoms with Crippen LogP contribution in [-0.4, -0.2) is 29.9 Å². The quantitative estimate of drug-likeness (QED) is 0.817. The number of likely N-dealkylation sites (tertiary alicyclic amines) is 1. The van der Waals surface area contributed by atoms with Crippen LogP contribution in [0.4, 0.5) is 0 Å². The van der Waals surface area contributed by atoms with E-state index in [1.54, 1.807) is 6.07 Å². The molecule has 0 bridgehead atoms. The topological polar surface area (TPSA) is 58.6 Å². The summed E-state index contributed by atoms with van der Waals surface area (Å²) in [6.07, 6.45) is 1.61. The monoisotopic (exact) mass is 366 g/mol. The summed E-state index contributed by atoms with van der Waals surface area (Å²) in [5, 5.41) is 2.95. The summed E-state index contributed by atoms with van der Waals surface area (Å²) >= 11 is 0. The summed E-state index contributed by atoms with van der Waals surface area (Å²) in [7, 11) is 0. The van der Waals surface area contributed by atoms with Gasteiger partial charge in [-0.15, -0.1) is 0 Å². The van der Waals surface area contributed by atoms with Crippen LogP contribution < -0.4 is 10.1 Å². The molecule has 0 atom stereocenters. The molecule has 1 N–H and O–H groups in total. The summed E-state index contributed by atoms with van der Waals surface area (Å²) < 4.78 is 5.51. The molecule has 2 amide bonds.